The zero-order valence-corrected chi connectivity index (χ0v) is 12.6. The minimum atomic E-state index is -0.0412. The number of nitrogens with one attached hydrogen (secondary N) is 1. The van der Waals surface area contributed by atoms with Gasteiger partial charge in [0.2, 0.25) is 5.88 Å². The summed E-state index contributed by atoms with van der Waals surface area (Å²) in [5.74, 6) is 0.624. The van der Waals surface area contributed by atoms with Crippen LogP contribution in [0.2, 0.25) is 0 Å². The molecular formula is C15H17N3O2S. The number of amides is 2. The topological polar surface area (TPSA) is 54.5 Å². The summed E-state index contributed by atoms with van der Waals surface area (Å²) < 4.78 is 5.73. The monoisotopic (exact) mass is 303 g/mol. The molecule has 0 spiro atoms. The molecule has 0 bridgehead atoms. The first-order chi connectivity index (χ1) is 10.2. The number of ether oxygens (including phenoxy) is 1. The van der Waals surface area contributed by atoms with Crippen molar-refractivity contribution >= 4 is 17.4 Å². The van der Waals surface area contributed by atoms with Crippen LogP contribution < -0.4 is 10.1 Å². The molecule has 2 aromatic heterocycles. The van der Waals surface area contributed by atoms with Gasteiger partial charge in [-0.2, -0.15) is 0 Å². The van der Waals surface area contributed by atoms with E-state index in [1.165, 1.54) is 0 Å². The largest absolute Gasteiger partial charge is 0.471 e. The molecule has 1 N–H and O–H groups in total. The molecule has 3 rings (SSSR count). The highest BCUT2D eigenvalue weighted by molar-refractivity contribution is 7.09. The van der Waals surface area contributed by atoms with E-state index in [4.69, 9.17) is 4.74 Å². The molecule has 1 fully saturated rings. The van der Waals surface area contributed by atoms with Crippen molar-refractivity contribution in [1.29, 1.82) is 0 Å². The molecule has 110 valence electrons. The Morgan fingerprint density at radius 1 is 1.43 bits per heavy atom. The fourth-order valence-electron chi connectivity index (χ4n) is 2.12. The summed E-state index contributed by atoms with van der Waals surface area (Å²) >= 11 is 1.64. The summed E-state index contributed by atoms with van der Waals surface area (Å²) in [5.41, 5.74) is 0.928. The van der Waals surface area contributed by atoms with E-state index in [0.29, 0.717) is 25.5 Å². The van der Waals surface area contributed by atoms with Crippen LogP contribution in [-0.4, -0.2) is 35.1 Å². The molecule has 2 amide bonds. The number of carbonyl (C=O) groups excluding carboxylic acids is 1. The summed E-state index contributed by atoms with van der Waals surface area (Å²) in [6, 6.07) is 9.64. The van der Waals surface area contributed by atoms with Gasteiger partial charge in [-0.05, 0) is 24.4 Å². The quantitative estimate of drug-likeness (QED) is 0.944. The van der Waals surface area contributed by atoms with E-state index in [1.54, 1.807) is 16.2 Å². The maximum atomic E-state index is 11.9. The van der Waals surface area contributed by atoms with Crippen LogP contribution in [-0.2, 0) is 6.54 Å². The molecule has 1 saturated heterocycles. The second kappa shape index (κ2) is 6.13. The normalized spacial score (nSPS) is 14.6. The minimum Gasteiger partial charge on any atom is -0.471 e. The van der Waals surface area contributed by atoms with Gasteiger partial charge >= 0.3 is 6.03 Å². The fourth-order valence-corrected chi connectivity index (χ4v) is 2.77. The highest BCUT2D eigenvalue weighted by Gasteiger charge is 2.32. The third-order valence-corrected chi connectivity index (χ3v) is 4.16. The zero-order chi connectivity index (χ0) is 14.7. The first-order valence-corrected chi connectivity index (χ1v) is 7.74. The smallest absolute Gasteiger partial charge is 0.317 e. The van der Waals surface area contributed by atoms with Crippen molar-refractivity contribution in [1.82, 2.24) is 15.2 Å². The molecule has 6 heteroatoms. The number of aryl methyl sites for hydroxylation is 1. The molecule has 0 atom stereocenters. The number of pyridine rings is 1. The summed E-state index contributed by atoms with van der Waals surface area (Å²) in [4.78, 5) is 19.1. The van der Waals surface area contributed by atoms with Crippen molar-refractivity contribution in [2.45, 2.75) is 19.6 Å². The number of rotatable bonds is 4. The Kier molecular flexibility index (Phi) is 4.06. The van der Waals surface area contributed by atoms with Crippen LogP contribution >= 0.6 is 11.3 Å². The van der Waals surface area contributed by atoms with Gasteiger partial charge in [0.1, 0.15) is 6.10 Å². The van der Waals surface area contributed by atoms with Crippen LogP contribution in [0.5, 0.6) is 5.88 Å². The first-order valence-electron chi connectivity index (χ1n) is 6.86. The van der Waals surface area contributed by atoms with Crippen LogP contribution in [0.25, 0.3) is 0 Å². The predicted octanol–water partition coefficient (Wildman–Crippen LogP) is 2.42. The summed E-state index contributed by atoms with van der Waals surface area (Å²) in [7, 11) is 0. The highest BCUT2D eigenvalue weighted by Crippen LogP contribution is 2.16. The van der Waals surface area contributed by atoms with Crippen molar-refractivity contribution in [2.24, 2.45) is 0 Å². The minimum absolute atomic E-state index is 0.0341. The Labute approximate surface area is 127 Å². The van der Waals surface area contributed by atoms with Crippen LogP contribution in [0.3, 0.4) is 0 Å². The molecule has 21 heavy (non-hydrogen) atoms. The van der Waals surface area contributed by atoms with Crippen molar-refractivity contribution in [3.63, 3.8) is 0 Å². The van der Waals surface area contributed by atoms with Crippen molar-refractivity contribution in [3.8, 4) is 5.88 Å². The molecule has 0 aromatic carbocycles. The number of hydrogen-bond acceptors (Lipinski definition) is 4. The van der Waals surface area contributed by atoms with Crippen LogP contribution in [0.15, 0.2) is 35.7 Å². The van der Waals surface area contributed by atoms with Gasteiger partial charge in [0.05, 0.1) is 19.6 Å². The van der Waals surface area contributed by atoms with Gasteiger partial charge in [-0.15, -0.1) is 11.3 Å². The van der Waals surface area contributed by atoms with Crippen LogP contribution in [0.4, 0.5) is 4.79 Å². The van der Waals surface area contributed by atoms with Crippen molar-refractivity contribution in [3.05, 3.63) is 46.3 Å². The molecule has 5 nitrogen and oxygen atoms in total. The number of urea groups is 1. The Hall–Kier alpha value is -2.08. The van der Waals surface area contributed by atoms with Crippen LogP contribution in [0, 0.1) is 6.92 Å². The average molecular weight is 303 g/mol. The van der Waals surface area contributed by atoms with Gasteiger partial charge in [0.25, 0.3) is 0 Å². The van der Waals surface area contributed by atoms with E-state index in [0.717, 1.165) is 10.6 Å². The lowest BCUT2D eigenvalue weighted by Crippen LogP contribution is -2.58. The maximum Gasteiger partial charge on any atom is 0.317 e. The predicted molar refractivity (Wildman–Crippen MR) is 81.5 cm³/mol. The SMILES string of the molecule is Cc1cccc(OC2CN(C(=O)NCc3cccs3)C2)n1. The second-order valence-corrected chi connectivity index (χ2v) is 6.03. The lowest BCUT2D eigenvalue weighted by Gasteiger charge is -2.38. The first kappa shape index (κ1) is 13.9. The Morgan fingerprint density at radius 2 is 2.29 bits per heavy atom. The Balaban J connectivity index is 1.42. The van der Waals surface area contributed by atoms with Gasteiger partial charge in [-0.1, -0.05) is 12.1 Å². The van der Waals surface area contributed by atoms with Crippen molar-refractivity contribution < 1.29 is 9.53 Å². The van der Waals surface area contributed by atoms with E-state index in [2.05, 4.69) is 10.3 Å². The molecule has 1 aliphatic heterocycles. The molecule has 0 unspecified atom stereocenters. The maximum absolute atomic E-state index is 11.9. The van der Waals surface area contributed by atoms with Gasteiger partial charge in [0, 0.05) is 16.6 Å². The lowest BCUT2D eigenvalue weighted by molar-refractivity contribution is 0.0412. The number of hydrogen-bond donors (Lipinski definition) is 1. The average Bonchev–Trinajstić information content (AvgIpc) is 2.93. The van der Waals surface area contributed by atoms with Gasteiger partial charge < -0.3 is 15.0 Å². The molecule has 2 aromatic rings. The molecule has 1 aliphatic rings. The van der Waals surface area contributed by atoms with Gasteiger partial charge in [-0.25, -0.2) is 9.78 Å². The molecule has 0 radical (unpaired) electrons. The molecular weight excluding hydrogens is 286 g/mol. The Bertz CT molecular complexity index is 609. The molecule has 3 heterocycles. The van der Waals surface area contributed by atoms with E-state index < -0.39 is 0 Å². The number of carbonyl (C=O) groups is 1. The lowest BCUT2D eigenvalue weighted by atomic mass is 10.2. The summed E-state index contributed by atoms with van der Waals surface area (Å²) in [6.45, 7) is 3.72. The Morgan fingerprint density at radius 3 is 3.00 bits per heavy atom. The number of thiophene rings is 1. The van der Waals surface area contributed by atoms with Gasteiger partial charge in [0.15, 0.2) is 0 Å². The van der Waals surface area contributed by atoms with Crippen molar-refractivity contribution in [2.75, 3.05) is 13.1 Å². The summed E-state index contributed by atoms with van der Waals surface area (Å²) in [5, 5.41) is 4.91. The molecule has 0 aliphatic carbocycles. The third kappa shape index (κ3) is 3.52. The number of nitrogens with zero attached hydrogens (tertiary/aromatic N) is 2. The number of likely N-dealkylation sites (tertiary alicyclic amines) is 1. The second-order valence-electron chi connectivity index (χ2n) is 5.00. The van der Waals surface area contributed by atoms with E-state index in [9.17, 15) is 4.79 Å². The standard InChI is InChI=1S/C15H17N3O2S/c1-11-4-2-6-14(17-11)20-12-9-18(10-12)15(19)16-8-13-5-3-7-21-13/h2-7,12H,8-10H2,1H3,(H,16,19). The summed E-state index contributed by atoms with van der Waals surface area (Å²) in [6.07, 6.45) is 0.0341. The fraction of sp³-hybridized carbons (Fsp3) is 0.333. The highest BCUT2D eigenvalue weighted by atomic mass is 32.1. The molecule has 0 saturated carbocycles. The van der Waals surface area contributed by atoms with E-state index >= 15 is 0 Å². The zero-order valence-electron chi connectivity index (χ0n) is 11.8. The van der Waals surface area contributed by atoms with E-state index in [-0.39, 0.29) is 12.1 Å². The third-order valence-electron chi connectivity index (χ3n) is 3.28. The van der Waals surface area contributed by atoms with E-state index in [1.807, 2.05) is 42.6 Å². The van der Waals surface area contributed by atoms with Crippen LogP contribution in [0.1, 0.15) is 10.6 Å². The van der Waals surface area contributed by atoms with Gasteiger partial charge in [-0.3, -0.25) is 0 Å². The number of aromatic nitrogens is 1.